The van der Waals surface area contributed by atoms with Crippen LogP contribution < -0.4 is 5.69 Å². The first-order chi connectivity index (χ1) is 14.9. The van der Waals surface area contributed by atoms with Crippen LogP contribution >= 0.6 is 0 Å². The smallest absolute Gasteiger partial charge is 0.329 e. The first-order valence-corrected chi connectivity index (χ1v) is 12.1. The van der Waals surface area contributed by atoms with Crippen molar-refractivity contribution in [3.63, 3.8) is 0 Å². The van der Waals surface area contributed by atoms with Gasteiger partial charge in [0, 0.05) is 25.7 Å². The van der Waals surface area contributed by atoms with Gasteiger partial charge >= 0.3 is 5.69 Å². The van der Waals surface area contributed by atoms with Crippen molar-refractivity contribution in [2.75, 3.05) is 26.2 Å². The van der Waals surface area contributed by atoms with Crippen LogP contribution in [-0.4, -0.2) is 56.6 Å². The van der Waals surface area contributed by atoms with E-state index in [2.05, 4.69) is 18.7 Å². The number of imidazole rings is 1. The van der Waals surface area contributed by atoms with E-state index in [0.29, 0.717) is 5.41 Å². The molecule has 1 aliphatic heterocycles. The van der Waals surface area contributed by atoms with Crippen LogP contribution in [0.2, 0.25) is 0 Å². The number of hydrogen-bond donors (Lipinski definition) is 2. The maximum absolute atomic E-state index is 13.3. The van der Waals surface area contributed by atoms with Crippen LogP contribution in [-0.2, 0) is 6.54 Å². The molecule has 6 heteroatoms. The maximum atomic E-state index is 13.3. The fourth-order valence-electron chi connectivity index (χ4n) is 7.02. The summed E-state index contributed by atoms with van der Waals surface area (Å²) in [6.45, 7) is 8.05. The van der Waals surface area contributed by atoms with E-state index >= 15 is 0 Å². The van der Waals surface area contributed by atoms with Crippen molar-refractivity contribution in [3.05, 3.63) is 34.7 Å². The zero-order valence-corrected chi connectivity index (χ0v) is 18.9. The highest BCUT2D eigenvalue weighted by atomic mass is 16.3. The molecule has 6 nitrogen and oxygen atoms in total. The first-order valence-electron chi connectivity index (χ1n) is 12.1. The Balaban J connectivity index is 1.32. The molecule has 2 N–H and O–H groups in total. The fraction of sp³-hybridized carbons (Fsp3) is 0.720. The van der Waals surface area contributed by atoms with Gasteiger partial charge in [-0.1, -0.05) is 26.0 Å². The van der Waals surface area contributed by atoms with Gasteiger partial charge in [0.15, 0.2) is 0 Å². The lowest BCUT2D eigenvalue weighted by molar-refractivity contribution is 0.0643. The number of nitrogens with zero attached hydrogens (tertiary/aromatic N) is 3. The summed E-state index contributed by atoms with van der Waals surface area (Å²) in [7, 11) is 0. The molecule has 0 radical (unpaired) electrons. The van der Waals surface area contributed by atoms with Gasteiger partial charge in [-0.05, 0) is 67.4 Å². The molecule has 2 aromatic rings. The Hall–Kier alpha value is -1.63. The number of benzene rings is 1. The van der Waals surface area contributed by atoms with E-state index in [1.807, 2.05) is 28.8 Å². The van der Waals surface area contributed by atoms with Gasteiger partial charge in [-0.2, -0.15) is 0 Å². The molecule has 0 amide bonds. The molecule has 2 heterocycles. The number of aliphatic hydroxyl groups excluding tert-OH is 2. The molecule has 0 unspecified atom stereocenters. The summed E-state index contributed by atoms with van der Waals surface area (Å²) in [4.78, 5) is 15.9. The second-order valence-electron chi connectivity index (χ2n) is 10.8. The lowest BCUT2D eigenvalue weighted by Gasteiger charge is -2.42. The van der Waals surface area contributed by atoms with Gasteiger partial charge in [0.1, 0.15) is 0 Å². The third-order valence-corrected chi connectivity index (χ3v) is 8.90. The van der Waals surface area contributed by atoms with E-state index in [1.165, 1.54) is 25.8 Å². The lowest BCUT2D eigenvalue weighted by Crippen LogP contribution is -2.44. The van der Waals surface area contributed by atoms with Crippen molar-refractivity contribution in [1.29, 1.82) is 0 Å². The van der Waals surface area contributed by atoms with Crippen LogP contribution in [0.1, 0.15) is 52.0 Å². The Morgan fingerprint density at radius 1 is 1.10 bits per heavy atom. The molecule has 170 valence electrons. The summed E-state index contributed by atoms with van der Waals surface area (Å²) in [5.74, 6) is 2.64. The average Bonchev–Trinajstić information content (AvgIpc) is 3.42. The molecular formula is C25H37N3O3. The number of fused-ring (bicyclic) bond motifs is 3. The van der Waals surface area contributed by atoms with Crippen LogP contribution in [0, 0.1) is 23.2 Å². The number of hydrogen-bond acceptors (Lipinski definition) is 4. The number of piperidine rings is 1. The normalized spacial score (nSPS) is 29.7. The van der Waals surface area contributed by atoms with Gasteiger partial charge in [-0.3, -0.25) is 9.13 Å². The highest BCUT2D eigenvalue weighted by molar-refractivity contribution is 5.76. The highest BCUT2D eigenvalue weighted by Gasteiger charge is 2.52. The van der Waals surface area contributed by atoms with Crippen LogP contribution in [0.3, 0.4) is 0 Å². The monoisotopic (exact) mass is 427 g/mol. The largest absolute Gasteiger partial charge is 0.394 e. The number of aromatic nitrogens is 2. The Morgan fingerprint density at radius 3 is 2.45 bits per heavy atom. The zero-order valence-electron chi connectivity index (χ0n) is 18.9. The van der Waals surface area contributed by atoms with E-state index in [4.69, 9.17) is 0 Å². The number of aliphatic hydroxyl groups is 2. The van der Waals surface area contributed by atoms with Gasteiger partial charge < -0.3 is 15.1 Å². The molecule has 2 bridgehead atoms. The number of likely N-dealkylation sites (tertiary alicyclic amines) is 1. The summed E-state index contributed by atoms with van der Waals surface area (Å²) in [5, 5.41) is 19.2. The topological polar surface area (TPSA) is 70.6 Å². The van der Waals surface area contributed by atoms with Crippen LogP contribution in [0.5, 0.6) is 0 Å². The van der Waals surface area contributed by atoms with Gasteiger partial charge in [0.25, 0.3) is 0 Å². The Kier molecular flexibility index (Phi) is 5.51. The number of para-hydroxylation sites is 2. The van der Waals surface area contributed by atoms with E-state index in [0.717, 1.165) is 54.7 Å². The molecule has 2 saturated carbocycles. The van der Waals surface area contributed by atoms with Crippen LogP contribution in [0.25, 0.3) is 11.0 Å². The predicted octanol–water partition coefficient (Wildman–Crippen LogP) is 2.87. The van der Waals surface area contributed by atoms with Crippen LogP contribution in [0.4, 0.5) is 0 Å². The molecule has 1 saturated heterocycles. The molecule has 3 fully saturated rings. The molecule has 31 heavy (non-hydrogen) atoms. The number of rotatable bonds is 6. The lowest BCUT2D eigenvalue weighted by atomic mass is 9.68. The first kappa shape index (κ1) is 21.2. The standard InChI is InChI=1S/C25H37N3O3/c1-25(2)18-8-7-17(13-18)21(25)15-26-11-9-19(10-12-26)28-23-6-4-3-5-22(23)27(24(28)31)14-20(30)16-29/h3-6,17-21,29-30H,7-16H2,1-2H3/t17-,18+,20-,21+/m1/s1. The van der Waals surface area contributed by atoms with E-state index in [9.17, 15) is 15.0 Å². The summed E-state index contributed by atoms with van der Waals surface area (Å²) in [5.41, 5.74) is 2.18. The third-order valence-electron chi connectivity index (χ3n) is 8.90. The van der Waals surface area contributed by atoms with Gasteiger partial charge in [-0.25, -0.2) is 4.79 Å². The fourth-order valence-corrected chi connectivity index (χ4v) is 7.02. The zero-order chi connectivity index (χ0) is 21.8. The summed E-state index contributed by atoms with van der Waals surface area (Å²) in [6.07, 6.45) is 5.32. The van der Waals surface area contributed by atoms with Gasteiger partial charge in [-0.15, -0.1) is 0 Å². The molecule has 4 atom stereocenters. The van der Waals surface area contributed by atoms with Crippen molar-refractivity contribution in [2.24, 2.45) is 23.2 Å². The summed E-state index contributed by atoms with van der Waals surface area (Å²) in [6, 6.07) is 8.02. The third kappa shape index (κ3) is 3.57. The Labute approximate surface area is 184 Å². The van der Waals surface area contributed by atoms with E-state index in [1.54, 1.807) is 4.57 Å². The molecule has 1 aromatic heterocycles. The Morgan fingerprint density at radius 2 is 1.81 bits per heavy atom. The quantitative estimate of drug-likeness (QED) is 0.744. The van der Waals surface area contributed by atoms with Crippen molar-refractivity contribution >= 4 is 11.0 Å². The minimum Gasteiger partial charge on any atom is -0.394 e. The van der Waals surface area contributed by atoms with E-state index < -0.39 is 6.10 Å². The molecule has 0 spiro atoms. The van der Waals surface area contributed by atoms with Crippen molar-refractivity contribution in [1.82, 2.24) is 14.0 Å². The molecule has 5 rings (SSSR count). The molecule has 2 aliphatic carbocycles. The second kappa shape index (κ2) is 8.05. The van der Waals surface area contributed by atoms with Crippen molar-refractivity contribution in [2.45, 2.75) is 64.6 Å². The van der Waals surface area contributed by atoms with Crippen molar-refractivity contribution < 1.29 is 10.2 Å². The SMILES string of the molecule is CC1(C)[C@H]2CC[C@H](C2)[C@@H]1CN1CCC(n2c(=O)n(C[C@@H](O)CO)c3ccccc32)CC1. The molecule has 3 aliphatic rings. The minimum absolute atomic E-state index is 0.0682. The van der Waals surface area contributed by atoms with Crippen molar-refractivity contribution in [3.8, 4) is 0 Å². The second-order valence-corrected chi connectivity index (χ2v) is 10.8. The summed E-state index contributed by atoms with van der Waals surface area (Å²) >= 11 is 0. The minimum atomic E-state index is -0.927. The average molecular weight is 428 g/mol. The van der Waals surface area contributed by atoms with Gasteiger partial charge in [0.05, 0.1) is 30.3 Å². The Bertz CT molecular complexity index is 986. The van der Waals surface area contributed by atoms with Crippen LogP contribution in [0.15, 0.2) is 29.1 Å². The molecule has 1 aromatic carbocycles. The predicted molar refractivity (Wildman–Crippen MR) is 122 cm³/mol. The highest BCUT2D eigenvalue weighted by Crippen LogP contribution is 2.59. The summed E-state index contributed by atoms with van der Waals surface area (Å²) < 4.78 is 3.57. The van der Waals surface area contributed by atoms with Gasteiger partial charge in [0.2, 0.25) is 0 Å². The maximum Gasteiger partial charge on any atom is 0.329 e. The molecular weight excluding hydrogens is 390 g/mol. The van der Waals surface area contributed by atoms with E-state index in [-0.39, 0.29) is 24.9 Å².